The molecule has 0 aromatic heterocycles. The molecule has 2 rings (SSSR count). The maximum atomic E-state index is 11.8. The topological polar surface area (TPSA) is 32.7 Å². The van der Waals surface area contributed by atoms with Gasteiger partial charge in [0.15, 0.2) is 0 Å². The van der Waals surface area contributed by atoms with Crippen LogP contribution in [-0.4, -0.2) is 16.6 Å². The number of carbonyl (C=O) groups excluding carboxylic acids is 1. The number of rotatable bonds is 1. The number of halogens is 1. The van der Waals surface area contributed by atoms with Crippen LogP contribution in [0.15, 0.2) is 33.8 Å². The van der Waals surface area contributed by atoms with E-state index in [1.54, 1.807) is 11.9 Å². The van der Waals surface area contributed by atoms with Crippen LogP contribution in [-0.2, 0) is 4.79 Å². The minimum Gasteiger partial charge on any atom is -0.273 e. The summed E-state index contributed by atoms with van der Waals surface area (Å²) in [6.07, 6.45) is 0.810. The molecule has 0 radical (unpaired) electrons. The number of hydrazone groups is 1. The Bertz CT molecular complexity index is 514. The Balaban J connectivity index is 2.32. The molecule has 1 aromatic carbocycles. The number of benzene rings is 1. The van der Waals surface area contributed by atoms with E-state index in [2.05, 4.69) is 41.8 Å². The molecule has 1 heterocycles. The Labute approximate surface area is 122 Å². The van der Waals surface area contributed by atoms with Crippen LogP contribution in [0.25, 0.3) is 0 Å². The number of amides is 1. The van der Waals surface area contributed by atoms with Crippen molar-refractivity contribution in [2.45, 2.75) is 40.2 Å². The molecule has 19 heavy (non-hydrogen) atoms. The molecule has 1 aromatic rings. The molecular weight excluding hydrogens is 304 g/mol. The van der Waals surface area contributed by atoms with Gasteiger partial charge >= 0.3 is 0 Å². The zero-order valence-corrected chi connectivity index (χ0v) is 13.4. The van der Waals surface area contributed by atoms with Crippen LogP contribution in [0.4, 0.5) is 0 Å². The normalized spacial score (nSPS) is 19.5. The molecular formula is C15H19BrN2O. The molecule has 0 fully saturated rings. The van der Waals surface area contributed by atoms with Gasteiger partial charge in [-0.3, -0.25) is 4.79 Å². The van der Waals surface area contributed by atoms with Crippen molar-refractivity contribution in [2.24, 2.45) is 10.5 Å². The second-order valence-electron chi connectivity index (χ2n) is 5.93. The van der Waals surface area contributed by atoms with Gasteiger partial charge in [0.2, 0.25) is 5.91 Å². The monoisotopic (exact) mass is 322 g/mol. The minimum absolute atomic E-state index is 0.00217. The number of nitrogens with zero attached hydrogens (tertiary/aromatic N) is 2. The van der Waals surface area contributed by atoms with Gasteiger partial charge in [-0.15, -0.1) is 0 Å². The summed E-state index contributed by atoms with van der Waals surface area (Å²) in [5.74, 6) is -0.00725. The van der Waals surface area contributed by atoms with Crippen molar-refractivity contribution in [3.05, 3.63) is 34.3 Å². The second kappa shape index (κ2) is 5.08. The molecule has 102 valence electrons. The summed E-state index contributed by atoms with van der Waals surface area (Å²) in [5, 5.41) is 6.14. The fourth-order valence-electron chi connectivity index (χ4n) is 2.20. The van der Waals surface area contributed by atoms with E-state index < -0.39 is 0 Å². The number of carbonyl (C=O) groups is 1. The Hall–Kier alpha value is -1.16. The van der Waals surface area contributed by atoms with E-state index in [1.807, 2.05) is 24.3 Å². The summed E-state index contributed by atoms with van der Waals surface area (Å²) in [6, 6.07) is 8.13. The van der Waals surface area contributed by atoms with E-state index in [1.165, 1.54) is 0 Å². The fourth-order valence-corrected chi connectivity index (χ4v) is 2.46. The molecule has 0 aliphatic carbocycles. The lowest BCUT2D eigenvalue weighted by Gasteiger charge is -2.20. The summed E-state index contributed by atoms with van der Waals surface area (Å²) in [6.45, 7) is 7.97. The van der Waals surface area contributed by atoms with Crippen LogP contribution in [0.3, 0.4) is 0 Å². The van der Waals surface area contributed by atoms with Crippen LogP contribution in [0.2, 0.25) is 0 Å². The van der Waals surface area contributed by atoms with Crippen molar-refractivity contribution in [2.75, 3.05) is 0 Å². The zero-order chi connectivity index (χ0) is 14.2. The molecule has 3 nitrogen and oxygen atoms in total. The average Bonchev–Trinajstić information content (AvgIpc) is 2.74. The Morgan fingerprint density at radius 2 is 1.89 bits per heavy atom. The summed E-state index contributed by atoms with van der Waals surface area (Å²) in [4.78, 5) is 11.8. The van der Waals surface area contributed by atoms with Gasteiger partial charge in [-0.25, -0.2) is 5.01 Å². The molecule has 1 aliphatic rings. The summed E-state index contributed by atoms with van der Waals surface area (Å²) in [5.41, 5.74) is 2.20. The van der Waals surface area contributed by atoms with E-state index in [-0.39, 0.29) is 17.4 Å². The largest absolute Gasteiger partial charge is 0.273 e. The molecule has 0 saturated heterocycles. The highest BCUT2D eigenvalue weighted by atomic mass is 79.9. The highest BCUT2D eigenvalue weighted by Gasteiger charge is 2.35. The molecule has 0 bridgehead atoms. The quantitative estimate of drug-likeness (QED) is 0.764. The van der Waals surface area contributed by atoms with E-state index in [0.29, 0.717) is 0 Å². The van der Waals surface area contributed by atoms with Gasteiger partial charge in [-0.1, -0.05) is 48.8 Å². The molecule has 4 heteroatoms. The van der Waals surface area contributed by atoms with Crippen molar-refractivity contribution >= 4 is 27.5 Å². The maximum Gasteiger partial charge on any atom is 0.240 e. The highest BCUT2D eigenvalue weighted by Crippen LogP contribution is 2.36. The molecule has 1 aliphatic heterocycles. The Morgan fingerprint density at radius 1 is 1.32 bits per heavy atom. The molecule has 0 saturated carbocycles. The van der Waals surface area contributed by atoms with Gasteiger partial charge in [0.25, 0.3) is 0 Å². The van der Waals surface area contributed by atoms with Crippen molar-refractivity contribution in [1.29, 1.82) is 0 Å². The van der Waals surface area contributed by atoms with Crippen LogP contribution in [0, 0.1) is 5.41 Å². The van der Waals surface area contributed by atoms with Crippen LogP contribution in [0.1, 0.15) is 45.7 Å². The molecule has 1 amide bonds. The first-order valence-electron chi connectivity index (χ1n) is 6.42. The smallest absolute Gasteiger partial charge is 0.240 e. The van der Waals surface area contributed by atoms with E-state index in [4.69, 9.17) is 0 Å². The standard InChI is InChI=1S/C15H19BrN2O/c1-10(19)18-13(9-14(17-18)15(2,3)4)11-5-7-12(16)8-6-11/h5-8,13H,9H2,1-4H3/t13-/m0/s1. The second-order valence-corrected chi connectivity index (χ2v) is 6.85. The first-order valence-corrected chi connectivity index (χ1v) is 7.21. The first-order chi connectivity index (χ1) is 8.79. The summed E-state index contributed by atoms with van der Waals surface area (Å²) in [7, 11) is 0. The number of hydrogen-bond donors (Lipinski definition) is 0. The van der Waals surface area contributed by atoms with Crippen molar-refractivity contribution in [1.82, 2.24) is 5.01 Å². The predicted molar refractivity (Wildman–Crippen MR) is 80.9 cm³/mol. The van der Waals surface area contributed by atoms with E-state index in [0.717, 1.165) is 22.2 Å². The van der Waals surface area contributed by atoms with E-state index >= 15 is 0 Å². The molecule has 0 spiro atoms. The zero-order valence-electron chi connectivity index (χ0n) is 11.8. The summed E-state index contributed by atoms with van der Waals surface area (Å²) < 4.78 is 1.04. The van der Waals surface area contributed by atoms with Gasteiger partial charge in [0.05, 0.1) is 6.04 Å². The molecule has 0 N–H and O–H groups in total. The van der Waals surface area contributed by atoms with Gasteiger partial charge in [0.1, 0.15) is 0 Å². The molecule has 1 atom stereocenters. The first kappa shape index (κ1) is 14.3. The summed E-state index contributed by atoms with van der Waals surface area (Å²) >= 11 is 3.43. The van der Waals surface area contributed by atoms with Gasteiger partial charge in [0, 0.05) is 28.9 Å². The van der Waals surface area contributed by atoms with Gasteiger partial charge in [-0.05, 0) is 17.7 Å². The lowest BCUT2D eigenvalue weighted by molar-refractivity contribution is -0.130. The Kier molecular flexibility index (Phi) is 3.81. The van der Waals surface area contributed by atoms with Crippen molar-refractivity contribution in [3.8, 4) is 0 Å². The lowest BCUT2D eigenvalue weighted by Crippen LogP contribution is -2.24. The predicted octanol–water partition coefficient (Wildman–Crippen LogP) is 4.14. The maximum absolute atomic E-state index is 11.8. The van der Waals surface area contributed by atoms with Crippen LogP contribution in [0.5, 0.6) is 0 Å². The molecule has 0 unspecified atom stereocenters. The SMILES string of the molecule is CC(=O)N1N=C(C(C)(C)C)C[C@H]1c1ccc(Br)cc1. The lowest BCUT2D eigenvalue weighted by atomic mass is 9.86. The van der Waals surface area contributed by atoms with Crippen LogP contribution >= 0.6 is 15.9 Å². The minimum atomic E-state index is -0.00725. The average molecular weight is 323 g/mol. The van der Waals surface area contributed by atoms with Gasteiger partial charge < -0.3 is 0 Å². The highest BCUT2D eigenvalue weighted by molar-refractivity contribution is 9.10. The third-order valence-electron chi connectivity index (χ3n) is 3.35. The van der Waals surface area contributed by atoms with Crippen molar-refractivity contribution in [3.63, 3.8) is 0 Å². The Morgan fingerprint density at radius 3 is 2.37 bits per heavy atom. The fraction of sp³-hybridized carbons (Fsp3) is 0.467. The third kappa shape index (κ3) is 3.06. The van der Waals surface area contributed by atoms with Crippen LogP contribution < -0.4 is 0 Å². The van der Waals surface area contributed by atoms with E-state index in [9.17, 15) is 4.79 Å². The van der Waals surface area contributed by atoms with Crippen molar-refractivity contribution < 1.29 is 4.79 Å². The van der Waals surface area contributed by atoms with Gasteiger partial charge in [-0.2, -0.15) is 5.10 Å². The number of hydrogen-bond acceptors (Lipinski definition) is 2. The third-order valence-corrected chi connectivity index (χ3v) is 3.88.